The van der Waals surface area contributed by atoms with Gasteiger partial charge in [0.25, 0.3) is 0 Å². The minimum atomic E-state index is -3.91. The van der Waals surface area contributed by atoms with Crippen molar-refractivity contribution in [1.29, 1.82) is 0 Å². The van der Waals surface area contributed by atoms with Crippen LogP contribution in [-0.2, 0) is 19.2 Å². The van der Waals surface area contributed by atoms with Crippen molar-refractivity contribution in [2.24, 2.45) is 0 Å². The smallest absolute Gasteiger partial charge is 0.317 e. The molecular formula is C7H5F3O6P2+2. The average Bonchev–Trinajstić information content (AvgIpc) is 2.22. The molecule has 0 fully saturated rings. The molecule has 0 saturated heterocycles. The van der Waals surface area contributed by atoms with Crippen LogP contribution in [0.5, 0.6) is 0 Å². The monoisotopic (exact) mass is 304 g/mol. The second-order valence-corrected chi connectivity index (χ2v) is 4.74. The molecule has 1 aromatic rings. The Morgan fingerprint density at radius 1 is 1.11 bits per heavy atom. The molecule has 1 aromatic carbocycles. The summed E-state index contributed by atoms with van der Waals surface area (Å²) in [4.78, 5) is 17.2. The van der Waals surface area contributed by atoms with Gasteiger partial charge >= 0.3 is 21.8 Å². The van der Waals surface area contributed by atoms with Crippen molar-refractivity contribution in [3.63, 3.8) is 0 Å². The summed E-state index contributed by atoms with van der Waals surface area (Å²) in [7, 11) is -7.59. The maximum Gasteiger partial charge on any atom is 0.702 e. The number of aliphatic hydroxyl groups is 1. The SMILES string of the molecule is O=[P+](O)OC(O)(c1c(F)ccc(F)c1F)[P+](=O)O. The van der Waals surface area contributed by atoms with Crippen molar-refractivity contribution in [3.8, 4) is 0 Å². The Labute approximate surface area is 99.5 Å². The maximum atomic E-state index is 13.3. The minimum absolute atomic E-state index is 0.353. The fourth-order valence-corrected chi connectivity index (χ4v) is 2.30. The zero-order chi connectivity index (χ0) is 14.1. The molecule has 0 spiro atoms. The van der Waals surface area contributed by atoms with Crippen LogP contribution in [0.1, 0.15) is 5.56 Å². The van der Waals surface area contributed by atoms with Gasteiger partial charge in [0.1, 0.15) is 11.4 Å². The molecule has 0 aliphatic heterocycles. The molecule has 0 aliphatic carbocycles. The minimum Gasteiger partial charge on any atom is -0.317 e. The van der Waals surface area contributed by atoms with E-state index in [0.29, 0.717) is 12.1 Å². The lowest BCUT2D eigenvalue weighted by Crippen LogP contribution is -2.26. The highest BCUT2D eigenvalue weighted by Crippen LogP contribution is 2.49. The van der Waals surface area contributed by atoms with Crippen LogP contribution in [0, 0.1) is 17.5 Å². The van der Waals surface area contributed by atoms with Crippen LogP contribution in [0.4, 0.5) is 13.2 Å². The third kappa shape index (κ3) is 2.72. The fourth-order valence-electron chi connectivity index (χ4n) is 1.11. The van der Waals surface area contributed by atoms with Gasteiger partial charge in [-0.1, -0.05) is 0 Å². The Balaban J connectivity index is 3.53. The van der Waals surface area contributed by atoms with E-state index in [2.05, 4.69) is 4.52 Å². The summed E-state index contributed by atoms with van der Waals surface area (Å²) in [5, 5.41) is 9.47. The molecule has 0 aliphatic rings. The molecule has 3 atom stereocenters. The first-order chi connectivity index (χ1) is 8.20. The topological polar surface area (TPSA) is 104 Å². The normalized spacial score (nSPS) is 16.1. The third-order valence-electron chi connectivity index (χ3n) is 1.83. The quantitative estimate of drug-likeness (QED) is 0.443. The second-order valence-electron chi connectivity index (χ2n) is 2.93. The van der Waals surface area contributed by atoms with Crippen LogP contribution in [0.2, 0.25) is 0 Å². The largest absolute Gasteiger partial charge is 0.702 e. The van der Waals surface area contributed by atoms with Gasteiger partial charge in [-0.25, -0.2) is 13.2 Å². The lowest BCUT2D eigenvalue weighted by molar-refractivity contribution is -0.0793. The van der Waals surface area contributed by atoms with Crippen molar-refractivity contribution in [2.45, 2.75) is 5.53 Å². The molecule has 0 radical (unpaired) electrons. The summed E-state index contributed by atoms with van der Waals surface area (Å²) in [6.07, 6.45) is 0. The molecule has 0 aromatic heterocycles. The molecule has 0 heterocycles. The molecule has 98 valence electrons. The van der Waals surface area contributed by atoms with Crippen LogP contribution in [0.25, 0.3) is 0 Å². The molecule has 0 bridgehead atoms. The zero-order valence-electron chi connectivity index (χ0n) is 8.25. The van der Waals surface area contributed by atoms with Gasteiger partial charge in [-0.3, -0.25) is 0 Å². The van der Waals surface area contributed by atoms with Crippen LogP contribution >= 0.6 is 16.3 Å². The number of rotatable bonds is 4. The van der Waals surface area contributed by atoms with E-state index in [4.69, 9.17) is 9.79 Å². The molecule has 1 rings (SSSR count). The Kier molecular flexibility index (Phi) is 4.50. The Morgan fingerprint density at radius 3 is 2.06 bits per heavy atom. The molecule has 3 N–H and O–H groups in total. The summed E-state index contributed by atoms with van der Waals surface area (Å²) in [6, 6.07) is 0.712. The lowest BCUT2D eigenvalue weighted by atomic mass is 10.2. The van der Waals surface area contributed by atoms with Gasteiger partial charge in [0, 0.05) is 4.57 Å². The Morgan fingerprint density at radius 2 is 1.61 bits per heavy atom. The van der Waals surface area contributed by atoms with E-state index >= 15 is 0 Å². The van der Waals surface area contributed by atoms with Crippen molar-refractivity contribution < 1.29 is 41.7 Å². The van der Waals surface area contributed by atoms with Crippen LogP contribution in [-0.4, -0.2) is 14.9 Å². The van der Waals surface area contributed by atoms with E-state index in [1.807, 2.05) is 0 Å². The summed E-state index contributed by atoms with van der Waals surface area (Å²) in [5.74, 6) is -5.27. The molecule has 6 nitrogen and oxygen atoms in total. The first-order valence-corrected chi connectivity index (χ1v) is 6.42. The fraction of sp³-hybridized carbons (Fsp3) is 0.143. The van der Waals surface area contributed by atoms with Crippen molar-refractivity contribution in [2.75, 3.05) is 0 Å². The molecular weight excluding hydrogens is 299 g/mol. The Hall–Kier alpha value is -0.950. The number of benzene rings is 1. The second kappa shape index (κ2) is 5.36. The lowest BCUT2D eigenvalue weighted by Gasteiger charge is -2.10. The van der Waals surface area contributed by atoms with Crippen LogP contribution in [0.3, 0.4) is 0 Å². The predicted molar refractivity (Wildman–Crippen MR) is 50.9 cm³/mol. The van der Waals surface area contributed by atoms with Gasteiger partial charge < -0.3 is 5.11 Å². The molecule has 18 heavy (non-hydrogen) atoms. The van der Waals surface area contributed by atoms with Gasteiger partial charge in [-0.2, -0.15) is 4.89 Å². The summed E-state index contributed by atoms with van der Waals surface area (Å²) in [5.41, 5.74) is -5.34. The van der Waals surface area contributed by atoms with Gasteiger partial charge in [0.2, 0.25) is 0 Å². The number of halogens is 3. The maximum absolute atomic E-state index is 13.3. The van der Waals surface area contributed by atoms with Crippen LogP contribution < -0.4 is 0 Å². The first kappa shape index (κ1) is 15.1. The predicted octanol–water partition coefficient (Wildman–Crippen LogP) is 1.61. The number of hydrogen-bond acceptors (Lipinski definition) is 4. The van der Waals surface area contributed by atoms with E-state index in [1.165, 1.54) is 0 Å². The van der Waals surface area contributed by atoms with Gasteiger partial charge in [-0.15, -0.1) is 4.89 Å². The molecule has 0 amide bonds. The highest BCUT2D eigenvalue weighted by Gasteiger charge is 2.62. The molecule has 0 saturated carbocycles. The number of hydrogen-bond donors (Lipinski definition) is 3. The summed E-state index contributed by atoms with van der Waals surface area (Å²) >= 11 is 0. The van der Waals surface area contributed by atoms with E-state index in [9.17, 15) is 27.4 Å². The third-order valence-corrected chi connectivity index (χ3v) is 3.23. The van der Waals surface area contributed by atoms with Gasteiger partial charge in [0.15, 0.2) is 11.6 Å². The van der Waals surface area contributed by atoms with E-state index in [-0.39, 0.29) is 0 Å². The summed E-state index contributed by atoms with van der Waals surface area (Å²) in [6.45, 7) is 0. The summed E-state index contributed by atoms with van der Waals surface area (Å²) < 4.78 is 64.4. The standard InChI is InChI=1S/C7H3F3O6P2/c8-3-1-2-4(9)6(10)5(3)7(11,17(12)13)16-18(14)15/h1-2,11H/p+2. The van der Waals surface area contributed by atoms with E-state index < -0.39 is 44.8 Å². The van der Waals surface area contributed by atoms with E-state index in [1.54, 1.807) is 0 Å². The van der Waals surface area contributed by atoms with Crippen molar-refractivity contribution >= 4 is 16.3 Å². The van der Waals surface area contributed by atoms with E-state index in [0.717, 1.165) is 0 Å². The highest BCUT2D eigenvalue weighted by molar-refractivity contribution is 7.40. The first-order valence-electron chi connectivity index (χ1n) is 4.08. The van der Waals surface area contributed by atoms with Gasteiger partial charge in [0.05, 0.1) is 0 Å². The highest BCUT2D eigenvalue weighted by atomic mass is 31.1. The zero-order valence-corrected chi connectivity index (χ0v) is 10.0. The van der Waals surface area contributed by atoms with Gasteiger partial charge in [-0.05, 0) is 21.2 Å². The molecule has 3 unspecified atom stereocenters. The molecule has 11 heteroatoms. The van der Waals surface area contributed by atoms with Crippen molar-refractivity contribution in [3.05, 3.63) is 35.1 Å². The Bertz CT molecular complexity index is 524. The van der Waals surface area contributed by atoms with Crippen molar-refractivity contribution in [1.82, 2.24) is 0 Å². The average molecular weight is 304 g/mol. The van der Waals surface area contributed by atoms with Crippen LogP contribution in [0.15, 0.2) is 12.1 Å².